The lowest BCUT2D eigenvalue weighted by atomic mass is 9.80. The van der Waals surface area contributed by atoms with E-state index in [2.05, 4.69) is 4.98 Å². The van der Waals surface area contributed by atoms with Gasteiger partial charge in [-0.25, -0.2) is 4.79 Å². The highest BCUT2D eigenvalue weighted by molar-refractivity contribution is 5.49. The van der Waals surface area contributed by atoms with Crippen molar-refractivity contribution in [2.45, 2.75) is 55.7 Å². The van der Waals surface area contributed by atoms with Gasteiger partial charge >= 0.3 is 5.69 Å². The fourth-order valence-electron chi connectivity index (χ4n) is 6.13. The molecule has 6 rings (SSSR count). The average molecular weight is 631 g/mol. The van der Waals surface area contributed by atoms with Gasteiger partial charge < -0.3 is 33.5 Å². The third kappa shape index (κ3) is 6.37. The Bertz CT molecular complexity index is 1630. The van der Waals surface area contributed by atoms with Crippen LogP contribution in [0.2, 0.25) is 0 Å². The van der Waals surface area contributed by atoms with Gasteiger partial charge in [-0.05, 0) is 60.2 Å². The van der Waals surface area contributed by atoms with Crippen molar-refractivity contribution in [3.8, 4) is 11.5 Å². The second-order valence-electron chi connectivity index (χ2n) is 11.3. The van der Waals surface area contributed by atoms with Crippen LogP contribution in [0, 0.1) is 0 Å². The van der Waals surface area contributed by atoms with E-state index in [1.165, 1.54) is 16.8 Å². The Morgan fingerprint density at radius 2 is 1.50 bits per heavy atom. The van der Waals surface area contributed by atoms with Crippen molar-refractivity contribution in [2.24, 2.45) is 0 Å². The molecule has 1 unspecified atom stereocenters. The van der Waals surface area contributed by atoms with Gasteiger partial charge in [0.25, 0.3) is 5.56 Å². The Balaban J connectivity index is 1.39. The molecule has 3 aromatic carbocycles. The van der Waals surface area contributed by atoms with E-state index in [0.29, 0.717) is 24.5 Å². The number of benzene rings is 3. The molecule has 3 heterocycles. The van der Waals surface area contributed by atoms with E-state index in [1.807, 2.05) is 78.9 Å². The number of aliphatic hydroxyl groups excluding tert-OH is 1. The number of hydrogen-bond donors (Lipinski definition) is 2. The fourth-order valence-corrected chi connectivity index (χ4v) is 6.13. The number of nitrogens with one attached hydrogen (secondary N) is 1. The Labute approximate surface area is 266 Å². The van der Waals surface area contributed by atoms with Crippen LogP contribution in [0.25, 0.3) is 0 Å². The molecule has 5 atom stereocenters. The maximum Gasteiger partial charge on any atom is 0.330 e. The molecule has 11 heteroatoms. The van der Waals surface area contributed by atoms with E-state index in [0.717, 1.165) is 29.5 Å². The average Bonchev–Trinajstić information content (AvgIpc) is 3.40. The van der Waals surface area contributed by atoms with Gasteiger partial charge in [-0.3, -0.25) is 14.3 Å². The molecule has 0 saturated carbocycles. The maximum absolute atomic E-state index is 12.9. The lowest BCUT2D eigenvalue weighted by Crippen LogP contribution is -2.43. The lowest BCUT2D eigenvalue weighted by Gasteiger charge is -2.37. The van der Waals surface area contributed by atoms with Gasteiger partial charge in [0.15, 0.2) is 12.5 Å². The number of hydrogen-bond acceptors (Lipinski definition) is 9. The van der Waals surface area contributed by atoms with Gasteiger partial charge in [0.2, 0.25) is 0 Å². The van der Waals surface area contributed by atoms with Gasteiger partial charge in [-0.15, -0.1) is 0 Å². The van der Waals surface area contributed by atoms with Gasteiger partial charge in [0, 0.05) is 18.9 Å². The van der Waals surface area contributed by atoms with E-state index < -0.39 is 47.7 Å². The third-order valence-electron chi connectivity index (χ3n) is 8.52. The van der Waals surface area contributed by atoms with Crippen molar-refractivity contribution >= 4 is 0 Å². The van der Waals surface area contributed by atoms with Crippen LogP contribution in [0.5, 0.6) is 11.5 Å². The molecule has 46 heavy (non-hydrogen) atoms. The van der Waals surface area contributed by atoms with Crippen molar-refractivity contribution < 1.29 is 33.5 Å². The number of aromatic nitrogens is 2. The van der Waals surface area contributed by atoms with Gasteiger partial charge in [0.05, 0.1) is 20.8 Å². The number of methoxy groups -OCH3 is 2. The molecular weight excluding hydrogens is 592 g/mol. The molecule has 242 valence electrons. The molecule has 0 aliphatic carbocycles. The first-order valence-electron chi connectivity index (χ1n) is 15.3. The van der Waals surface area contributed by atoms with E-state index in [-0.39, 0.29) is 6.61 Å². The smallest absolute Gasteiger partial charge is 0.330 e. The molecule has 0 radical (unpaired) electrons. The first-order chi connectivity index (χ1) is 22.4. The summed E-state index contributed by atoms with van der Waals surface area (Å²) in [5.41, 5.74) is 0.0926. The van der Waals surface area contributed by atoms with Crippen molar-refractivity contribution in [2.75, 3.05) is 27.4 Å². The maximum atomic E-state index is 12.9. The molecule has 2 aliphatic heterocycles. The zero-order chi connectivity index (χ0) is 32.1. The van der Waals surface area contributed by atoms with E-state index in [4.69, 9.17) is 28.4 Å². The van der Waals surface area contributed by atoms with Crippen LogP contribution >= 0.6 is 0 Å². The topological polar surface area (TPSA) is 130 Å². The summed E-state index contributed by atoms with van der Waals surface area (Å²) >= 11 is 0. The predicted octanol–water partition coefficient (Wildman–Crippen LogP) is 3.73. The van der Waals surface area contributed by atoms with Gasteiger partial charge in [-0.1, -0.05) is 54.6 Å². The molecule has 11 nitrogen and oxygen atoms in total. The predicted molar refractivity (Wildman–Crippen MR) is 168 cm³/mol. The Morgan fingerprint density at radius 3 is 2.07 bits per heavy atom. The summed E-state index contributed by atoms with van der Waals surface area (Å²) in [5, 5.41) is 11.7. The normalized spacial score (nSPS) is 23.2. The Kier molecular flexibility index (Phi) is 9.67. The van der Waals surface area contributed by atoms with Gasteiger partial charge in [0.1, 0.15) is 35.4 Å². The highest BCUT2D eigenvalue weighted by atomic mass is 16.7. The van der Waals surface area contributed by atoms with E-state index >= 15 is 0 Å². The van der Waals surface area contributed by atoms with E-state index in [9.17, 15) is 14.7 Å². The number of aromatic amines is 1. The minimum Gasteiger partial charge on any atom is -0.497 e. The number of H-pyrrole nitrogens is 1. The van der Waals surface area contributed by atoms with Crippen LogP contribution in [0.15, 0.2) is 101 Å². The molecular formula is C35H38N2O9. The minimum absolute atomic E-state index is 0.0892. The van der Waals surface area contributed by atoms with Crippen LogP contribution in [-0.2, 0) is 24.5 Å². The SMILES string of the molecule is COc1ccc(C(OC[C@H]2O[C@@H](n3ccc(=O)[nH]c3=O)[C@H](OC3CCCCO3)[C@@H]2O)(c2ccccc2)c2ccc(OC)cc2)cc1. The molecule has 4 aromatic rings. The molecule has 2 aliphatic rings. The summed E-state index contributed by atoms with van der Waals surface area (Å²) < 4.78 is 37.5. The third-order valence-corrected chi connectivity index (χ3v) is 8.52. The first kappa shape index (κ1) is 31.7. The zero-order valence-electron chi connectivity index (χ0n) is 25.7. The summed E-state index contributed by atoms with van der Waals surface area (Å²) in [4.78, 5) is 27.0. The number of ether oxygens (including phenoxy) is 6. The Morgan fingerprint density at radius 1 is 0.870 bits per heavy atom. The summed E-state index contributed by atoms with van der Waals surface area (Å²) in [6.45, 7) is 0.446. The highest BCUT2D eigenvalue weighted by Gasteiger charge is 2.49. The van der Waals surface area contributed by atoms with Gasteiger partial charge in [-0.2, -0.15) is 0 Å². The van der Waals surface area contributed by atoms with Crippen LogP contribution in [-0.4, -0.2) is 66.7 Å². The van der Waals surface area contributed by atoms with Crippen molar-refractivity contribution in [3.63, 3.8) is 0 Å². The molecule has 2 N–H and O–H groups in total. The van der Waals surface area contributed by atoms with Crippen LogP contribution in [0.1, 0.15) is 42.2 Å². The standard InChI is InChI=1S/C35H38N2O9/c1-41-26-15-11-24(12-16-26)35(23-8-4-3-5-9-23,25-13-17-27(42-2)18-14-25)44-22-28-31(39)32(46-30-10-6-7-21-43-30)33(45-28)37-20-19-29(38)36-34(37)40/h3-5,8-9,11-20,28,30-33,39H,6-7,10,21-22H2,1-2H3,(H,36,38,40)/t28-,30?,31-,32-,33-/m1/s1. The molecule has 1 aromatic heterocycles. The number of aliphatic hydroxyl groups is 1. The molecule has 2 saturated heterocycles. The summed E-state index contributed by atoms with van der Waals surface area (Å²) in [6.07, 6.45) is -0.910. The molecule has 0 spiro atoms. The van der Waals surface area contributed by atoms with Crippen LogP contribution in [0.4, 0.5) is 0 Å². The lowest BCUT2D eigenvalue weighted by molar-refractivity contribution is -0.215. The zero-order valence-corrected chi connectivity index (χ0v) is 25.7. The summed E-state index contributed by atoms with van der Waals surface area (Å²) in [5.74, 6) is 1.38. The largest absolute Gasteiger partial charge is 0.497 e. The summed E-state index contributed by atoms with van der Waals surface area (Å²) in [7, 11) is 3.22. The monoisotopic (exact) mass is 630 g/mol. The van der Waals surface area contributed by atoms with Crippen molar-refractivity contribution in [1.29, 1.82) is 0 Å². The summed E-state index contributed by atoms with van der Waals surface area (Å²) in [6, 6.07) is 26.2. The van der Waals surface area contributed by atoms with E-state index in [1.54, 1.807) is 14.2 Å². The molecule has 0 amide bonds. The molecule has 0 bridgehead atoms. The second kappa shape index (κ2) is 14.0. The first-order valence-corrected chi connectivity index (χ1v) is 15.3. The van der Waals surface area contributed by atoms with Crippen molar-refractivity contribution in [3.05, 3.63) is 129 Å². The Hall–Kier alpha value is -4.26. The number of rotatable bonds is 11. The van der Waals surface area contributed by atoms with Crippen LogP contribution in [0.3, 0.4) is 0 Å². The minimum atomic E-state index is -1.20. The number of nitrogens with zero attached hydrogens (tertiary/aromatic N) is 1. The van der Waals surface area contributed by atoms with Crippen molar-refractivity contribution in [1.82, 2.24) is 9.55 Å². The van der Waals surface area contributed by atoms with Crippen LogP contribution < -0.4 is 20.7 Å². The second-order valence-corrected chi connectivity index (χ2v) is 11.3. The highest BCUT2D eigenvalue weighted by Crippen LogP contribution is 2.43. The fraction of sp³-hybridized carbons (Fsp3) is 0.371. The molecule has 2 fully saturated rings. The quantitative estimate of drug-likeness (QED) is 0.238.